The Balaban J connectivity index is 2.05. The molecule has 0 radical (unpaired) electrons. The number of benzene rings is 1. The molecule has 0 bridgehead atoms. The zero-order valence-electron chi connectivity index (χ0n) is 19.7. The number of rotatable bonds is 6. The molecule has 1 aliphatic heterocycles. The molecule has 0 saturated heterocycles. The molecule has 8 heteroatoms. The first-order valence-corrected chi connectivity index (χ1v) is 12.7. The highest BCUT2D eigenvalue weighted by atomic mass is 32.2. The Bertz CT molecular complexity index is 1100. The van der Waals surface area contributed by atoms with Gasteiger partial charge in [-0.1, -0.05) is 25.8 Å². The first-order valence-electron chi connectivity index (χ1n) is 11.3. The molecule has 1 aromatic heterocycles. The molecule has 1 aliphatic rings. The molecular formula is C25H33N3O4S. The summed E-state index contributed by atoms with van der Waals surface area (Å²) in [6.45, 7) is 7.44. The van der Waals surface area contributed by atoms with Gasteiger partial charge in [-0.25, -0.2) is 13.4 Å². The van der Waals surface area contributed by atoms with E-state index in [0.29, 0.717) is 23.6 Å². The summed E-state index contributed by atoms with van der Waals surface area (Å²) in [5.74, 6) is 6.27. The van der Waals surface area contributed by atoms with Gasteiger partial charge in [0, 0.05) is 36.8 Å². The molecule has 178 valence electrons. The second kappa shape index (κ2) is 11.1. The van der Waals surface area contributed by atoms with Crippen LogP contribution in [0.15, 0.2) is 47.5 Å². The fourth-order valence-corrected chi connectivity index (χ4v) is 5.70. The first-order chi connectivity index (χ1) is 15.8. The summed E-state index contributed by atoms with van der Waals surface area (Å²) in [5.41, 5.74) is 1.28. The molecule has 0 saturated carbocycles. The van der Waals surface area contributed by atoms with E-state index in [1.165, 1.54) is 4.31 Å². The number of hydrogen-bond acceptors (Lipinski definition) is 6. The van der Waals surface area contributed by atoms with Crippen LogP contribution >= 0.6 is 0 Å². The molecular weight excluding hydrogens is 438 g/mol. The quantitative estimate of drug-likeness (QED) is 0.652. The minimum Gasteiger partial charge on any atom is -0.487 e. The molecule has 2 heterocycles. The summed E-state index contributed by atoms with van der Waals surface area (Å²) in [6, 6.07) is 9.88. The lowest BCUT2D eigenvalue weighted by molar-refractivity contribution is 0.0752. The van der Waals surface area contributed by atoms with Gasteiger partial charge in [0.2, 0.25) is 10.0 Å². The molecule has 0 aliphatic carbocycles. The van der Waals surface area contributed by atoms with Crippen LogP contribution < -0.4 is 4.74 Å². The fraction of sp³-hybridized carbons (Fsp3) is 0.480. The third-order valence-corrected chi connectivity index (χ3v) is 7.78. The highest BCUT2D eigenvalue weighted by Crippen LogP contribution is 2.34. The predicted molar refractivity (Wildman–Crippen MR) is 128 cm³/mol. The zero-order valence-corrected chi connectivity index (χ0v) is 20.5. The SMILES string of the molecule is CCCN(C)C[C@@H]1Oc2cc(C#Cc3ccccn3)ccc2S(=O)(=O)N([C@H](C)CO)C[C@@H]1C. The molecule has 3 atom stereocenters. The lowest BCUT2D eigenvalue weighted by Crippen LogP contribution is -2.49. The number of aliphatic hydroxyl groups is 1. The van der Waals surface area contributed by atoms with Crippen molar-refractivity contribution in [1.82, 2.24) is 14.2 Å². The van der Waals surface area contributed by atoms with Crippen molar-refractivity contribution in [3.63, 3.8) is 0 Å². The fourth-order valence-electron chi connectivity index (χ4n) is 3.87. The minimum absolute atomic E-state index is 0.0792. The molecule has 3 rings (SSSR count). The summed E-state index contributed by atoms with van der Waals surface area (Å²) in [4.78, 5) is 6.50. The van der Waals surface area contributed by atoms with Gasteiger partial charge in [-0.15, -0.1) is 0 Å². The maximum absolute atomic E-state index is 13.5. The molecule has 0 fully saturated rings. The molecule has 0 spiro atoms. The number of ether oxygens (including phenoxy) is 1. The standard InChI is InChI=1S/C25H33N3O4S/c1-5-14-27(4)17-24-19(2)16-28(20(3)18-29)33(30,31)25-12-10-21(15-23(25)32-24)9-11-22-8-6-7-13-26-22/h6-8,10,12-13,15,19-20,24,29H,5,14,16-18H2,1-4H3/t19-,20+,24-/m0/s1. The highest BCUT2D eigenvalue weighted by Gasteiger charge is 2.38. The average molecular weight is 472 g/mol. The van der Waals surface area contributed by atoms with Gasteiger partial charge in [-0.3, -0.25) is 0 Å². The highest BCUT2D eigenvalue weighted by molar-refractivity contribution is 7.89. The van der Waals surface area contributed by atoms with Crippen molar-refractivity contribution in [2.75, 3.05) is 33.3 Å². The smallest absolute Gasteiger partial charge is 0.247 e. The van der Waals surface area contributed by atoms with Crippen LogP contribution in [-0.2, 0) is 10.0 Å². The number of likely N-dealkylation sites (N-methyl/N-ethyl adjacent to an activating group) is 1. The minimum atomic E-state index is -3.86. The Labute approximate surface area is 197 Å². The second-order valence-electron chi connectivity index (χ2n) is 8.63. The number of fused-ring (bicyclic) bond motifs is 1. The van der Waals surface area contributed by atoms with Crippen LogP contribution in [0.3, 0.4) is 0 Å². The monoisotopic (exact) mass is 471 g/mol. The van der Waals surface area contributed by atoms with E-state index < -0.39 is 16.1 Å². The molecule has 2 aromatic rings. The lowest BCUT2D eigenvalue weighted by atomic mass is 10.0. The van der Waals surface area contributed by atoms with Gasteiger partial charge in [-0.05, 0) is 63.2 Å². The summed E-state index contributed by atoms with van der Waals surface area (Å²) in [6.07, 6.45) is 2.47. The van der Waals surface area contributed by atoms with Gasteiger partial charge < -0.3 is 14.7 Å². The number of aliphatic hydroxyl groups excluding tert-OH is 1. The van der Waals surface area contributed by atoms with Crippen LogP contribution in [0.4, 0.5) is 0 Å². The number of pyridine rings is 1. The molecule has 33 heavy (non-hydrogen) atoms. The van der Waals surface area contributed by atoms with Gasteiger partial charge in [0.15, 0.2) is 0 Å². The Morgan fingerprint density at radius 3 is 2.76 bits per heavy atom. The lowest BCUT2D eigenvalue weighted by Gasteiger charge is -2.37. The second-order valence-corrected chi connectivity index (χ2v) is 10.5. The molecule has 0 unspecified atom stereocenters. The summed E-state index contributed by atoms with van der Waals surface area (Å²) in [7, 11) is -1.82. The predicted octanol–water partition coefficient (Wildman–Crippen LogP) is 2.59. The van der Waals surface area contributed by atoms with Crippen LogP contribution in [0.1, 0.15) is 38.4 Å². The van der Waals surface area contributed by atoms with Gasteiger partial charge in [0.1, 0.15) is 22.4 Å². The summed E-state index contributed by atoms with van der Waals surface area (Å²) < 4.78 is 34.8. The van der Waals surface area contributed by atoms with Crippen molar-refractivity contribution < 1.29 is 18.3 Å². The molecule has 1 aromatic carbocycles. The van der Waals surface area contributed by atoms with Crippen LogP contribution in [0.5, 0.6) is 5.75 Å². The maximum Gasteiger partial charge on any atom is 0.247 e. The van der Waals surface area contributed by atoms with Crippen LogP contribution in [0.2, 0.25) is 0 Å². The largest absolute Gasteiger partial charge is 0.487 e. The van der Waals surface area contributed by atoms with Crippen LogP contribution in [0.25, 0.3) is 0 Å². The molecule has 0 amide bonds. The number of aromatic nitrogens is 1. The van der Waals surface area contributed by atoms with E-state index in [2.05, 4.69) is 28.6 Å². The maximum atomic E-state index is 13.5. The number of sulfonamides is 1. The summed E-state index contributed by atoms with van der Waals surface area (Å²) >= 11 is 0. The van der Waals surface area contributed by atoms with Gasteiger partial charge in [-0.2, -0.15) is 4.31 Å². The first kappa shape index (κ1) is 25.2. The topological polar surface area (TPSA) is 83.0 Å². The average Bonchev–Trinajstić information content (AvgIpc) is 2.80. The Hall–Kier alpha value is -2.44. The number of hydrogen-bond donors (Lipinski definition) is 1. The third kappa shape index (κ3) is 6.12. The number of nitrogens with zero attached hydrogens (tertiary/aromatic N) is 3. The van der Waals surface area contributed by atoms with E-state index in [-0.39, 0.29) is 30.1 Å². The van der Waals surface area contributed by atoms with Gasteiger partial charge in [0.05, 0.1) is 6.61 Å². The Kier molecular flexibility index (Phi) is 8.49. The van der Waals surface area contributed by atoms with E-state index >= 15 is 0 Å². The van der Waals surface area contributed by atoms with Gasteiger partial charge >= 0.3 is 0 Å². The van der Waals surface area contributed by atoms with Crippen molar-refractivity contribution in [3.8, 4) is 17.6 Å². The Morgan fingerprint density at radius 2 is 2.09 bits per heavy atom. The van der Waals surface area contributed by atoms with E-state index in [0.717, 1.165) is 13.0 Å². The van der Waals surface area contributed by atoms with E-state index in [4.69, 9.17) is 4.74 Å². The van der Waals surface area contributed by atoms with Crippen molar-refractivity contribution in [2.24, 2.45) is 5.92 Å². The van der Waals surface area contributed by atoms with E-state index in [9.17, 15) is 13.5 Å². The van der Waals surface area contributed by atoms with Gasteiger partial charge in [0.25, 0.3) is 0 Å². The summed E-state index contributed by atoms with van der Waals surface area (Å²) in [5, 5.41) is 9.75. The van der Waals surface area contributed by atoms with Crippen molar-refractivity contribution in [3.05, 3.63) is 53.9 Å². The van der Waals surface area contributed by atoms with Crippen LogP contribution in [0, 0.1) is 17.8 Å². The normalized spacial score (nSPS) is 21.2. The van der Waals surface area contributed by atoms with Crippen molar-refractivity contribution in [2.45, 2.75) is 44.2 Å². The third-order valence-electron chi connectivity index (χ3n) is 5.76. The van der Waals surface area contributed by atoms with Crippen molar-refractivity contribution >= 4 is 10.0 Å². The van der Waals surface area contributed by atoms with E-state index in [1.54, 1.807) is 31.3 Å². The van der Waals surface area contributed by atoms with Crippen LogP contribution in [-0.4, -0.2) is 73.1 Å². The Morgan fingerprint density at radius 1 is 1.30 bits per heavy atom. The zero-order chi connectivity index (χ0) is 24.0. The molecule has 1 N–H and O–H groups in total. The van der Waals surface area contributed by atoms with E-state index in [1.807, 2.05) is 32.2 Å². The van der Waals surface area contributed by atoms with Crippen molar-refractivity contribution in [1.29, 1.82) is 0 Å². The molecule has 7 nitrogen and oxygen atoms in total.